The molecule has 4 heteroatoms. The lowest BCUT2D eigenvalue weighted by atomic mass is 10.0. The van der Waals surface area contributed by atoms with Crippen LogP contribution in [0.4, 0.5) is 4.39 Å². The van der Waals surface area contributed by atoms with Gasteiger partial charge in [0.05, 0.1) is 18.7 Å². The molecular formula is C22H18FNO2. The fourth-order valence-corrected chi connectivity index (χ4v) is 3.30. The first-order chi connectivity index (χ1) is 12.6. The summed E-state index contributed by atoms with van der Waals surface area (Å²) in [6.07, 6.45) is 1.88. The van der Waals surface area contributed by atoms with Gasteiger partial charge in [-0.1, -0.05) is 42.5 Å². The van der Waals surface area contributed by atoms with Crippen LogP contribution in [0, 0.1) is 5.82 Å². The highest BCUT2D eigenvalue weighted by atomic mass is 19.1. The van der Waals surface area contributed by atoms with E-state index in [2.05, 4.69) is 5.32 Å². The molecule has 1 aromatic heterocycles. The fourth-order valence-electron chi connectivity index (χ4n) is 3.30. The largest absolute Gasteiger partial charge is 0.464 e. The lowest BCUT2D eigenvalue weighted by Crippen LogP contribution is -2.28. The molecule has 4 rings (SSSR count). The maximum Gasteiger partial charge on any atom is 0.225 e. The molecule has 0 saturated heterocycles. The highest BCUT2D eigenvalue weighted by Gasteiger charge is 2.15. The Hall–Kier alpha value is -3.14. The quantitative estimate of drug-likeness (QED) is 0.555. The van der Waals surface area contributed by atoms with Crippen molar-refractivity contribution in [2.24, 2.45) is 0 Å². The molecule has 4 aromatic rings. The van der Waals surface area contributed by atoms with E-state index >= 15 is 0 Å². The van der Waals surface area contributed by atoms with Crippen molar-refractivity contribution in [2.45, 2.75) is 19.4 Å². The van der Waals surface area contributed by atoms with E-state index < -0.39 is 0 Å². The van der Waals surface area contributed by atoms with Gasteiger partial charge in [0.15, 0.2) is 0 Å². The zero-order valence-electron chi connectivity index (χ0n) is 14.3. The zero-order valence-corrected chi connectivity index (χ0v) is 14.3. The van der Waals surface area contributed by atoms with Crippen molar-refractivity contribution >= 4 is 27.6 Å². The van der Waals surface area contributed by atoms with Gasteiger partial charge in [0.25, 0.3) is 0 Å². The molecule has 0 radical (unpaired) electrons. The van der Waals surface area contributed by atoms with Gasteiger partial charge in [0, 0.05) is 10.9 Å². The minimum Gasteiger partial charge on any atom is -0.464 e. The highest BCUT2D eigenvalue weighted by Crippen LogP contribution is 2.30. The molecule has 0 aliphatic carbocycles. The average Bonchev–Trinajstić information content (AvgIpc) is 3.05. The molecule has 0 aliphatic heterocycles. The molecule has 26 heavy (non-hydrogen) atoms. The van der Waals surface area contributed by atoms with Crippen LogP contribution in [0.1, 0.15) is 24.1 Å². The van der Waals surface area contributed by atoms with Crippen LogP contribution in [-0.2, 0) is 11.2 Å². The number of hydrogen-bond donors (Lipinski definition) is 1. The number of fused-ring (bicyclic) bond motifs is 3. The van der Waals surface area contributed by atoms with Crippen LogP contribution < -0.4 is 5.32 Å². The second-order valence-corrected chi connectivity index (χ2v) is 6.44. The molecule has 0 unspecified atom stereocenters. The molecule has 0 spiro atoms. The second kappa shape index (κ2) is 6.64. The van der Waals surface area contributed by atoms with Gasteiger partial charge in [-0.15, -0.1) is 0 Å². The molecule has 1 heterocycles. The van der Waals surface area contributed by atoms with Crippen molar-refractivity contribution in [1.29, 1.82) is 0 Å². The van der Waals surface area contributed by atoms with E-state index in [1.165, 1.54) is 12.1 Å². The van der Waals surface area contributed by atoms with E-state index in [-0.39, 0.29) is 24.2 Å². The lowest BCUT2D eigenvalue weighted by Gasteiger charge is -2.14. The highest BCUT2D eigenvalue weighted by molar-refractivity contribution is 6.08. The summed E-state index contributed by atoms with van der Waals surface area (Å²) < 4.78 is 18.7. The molecule has 1 N–H and O–H groups in total. The topological polar surface area (TPSA) is 42.2 Å². The molecule has 0 fully saturated rings. The van der Waals surface area contributed by atoms with Crippen LogP contribution in [0.15, 0.2) is 71.3 Å². The number of benzene rings is 3. The Kier molecular flexibility index (Phi) is 4.17. The number of halogens is 1. The SMILES string of the molecule is C[C@@H](NC(=O)Cc1coc2ccc3ccccc3c12)c1ccc(F)cc1. The van der Waals surface area contributed by atoms with Crippen molar-refractivity contribution in [3.05, 3.63) is 83.9 Å². The number of hydrogen-bond acceptors (Lipinski definition) is 2. The van der Waals surface area contributed by atoms with Gasteiger partial charge in [-0.25, -0.2) is 4.39 Å². The Morgan fingerprint density at radius 2 is 1.85 bits per heavy atom. The fraction of sp³-hybridized carbons (Fsp3) is 0.136. The van der Waals surface area contributed by atoms with Gasteiger partial charge < -0.3 is 9.73 Å². The third-order valence-corrected chi connectivity index (χ3v) is 4.64. The third-order valence-electron chi connectivity index (χ3n) is 4.64. The molecule has 0 bridgehead atoms. The molecule has 3 nitrogen and oxygen atoms in total. The van der Waals surface area contributed by atoms with E-state index in [9.17, 15) is 9.18 Å². The Labute approximate surface area is 150 Å². The first-order valence-corrected chi connectivity index (χ1v) is 8.54. The maximum absolute atomic E-state index is 13.0. The number of rotatable bonds is 4. The first kappa shape index (κ1) is 16.3. The molecule has 0 aliphatic rings. The molecule has 0 saturated carbocycles. The summed E-state index contributed by atoms with van der Waals surface area (Å²) in [7, 11) is 0. The summed E-state index contributed by atoms with van der Waals surface area (Å²) in [5, 5.41) is 6.13. The minimum absolute atomic E-state index is 0.0996. The molecule has 1 atom stereocenters. The van der Waals surface area contributed by atoms with E-state index in [0.29, 0.717) is 0 Å². The summed E-state index contributed by atoms with van der Waals surface area (Å²) in [5.74, 6) is -0.388. The van der Waals surface area contributed by atoms with Crippen LogP contribution in [0.25, 0.3) is 21.7 Å². The van der Waals surface area contributed by atoms with Gasteiger partial charge in [-0.2, -0.15) is 0 Å². The smallest absolute Gasteiger partial charge is 0.225 e. The third kappa shape index (κ3) is 3.06. The van der Waals surface area contributed by atoms with Gasteiger partial charge in [-0.05, 0) is 41.5 Å². The summed E-state index contributed by atoms with van der Waals surface area (Å²) >= 11 is 0. The number of carbonyl (C=O) groups excluding carboxylic acids is 1. The van der Waals surface area contributed by atoms with Crippen LogP contribution in [0.2, 0.25) is 0 Å². The second-order valence-electron chi connectivity index (χ2n) is 6.44. The van der Waals surface area contributed by atoms with Crippen molar-refractivity contribution in [2.75, 3.05) is 0 Å². The monoisotopic (exact) mass is 347 g/mol. The Morgan fingerprint density at radius 3 is 2.65 bits per heavy atom. The van der Waals surface area contributed by atoms with Crippen LogP contribution in [0.5, 0.6) is 0 Å². The predicted octanol–water partition coefficient (Wildman–Crippen LogP) is 5.15. The summed E-state index contributed by atoms with van der Waals surface area (Å²) in [6.45, 7) is 1.88. The van der Waals surface area contributed by atoms with Crippen molar-refractivity contribution in [3.63, 3.8) is 0 Å². The summed E-state index contributed by atoms with van der Waals surface area (Å²) in [4.78, 5) is 12.5. The van der Waals surface area contributed by atoms with Crippen LogP contribution in [-0.4, -0.2) is 5.91 Å². The van der Waals surface area contributed by atoms with Gasteiger partial charge in [0.1, 0.15) is 11.4 Å². The number of furan rings is 1. The molecule has 130 valence electrons. The Morgan fingerprint density at radius 1 is 1.08 bits per heavy atom. The summed E-state index contributed by atoms with van der Waals surface area (Å²) in [5.41, 5.74) is 2.50. The van der Waals surface area contributed by atoms with Crippen molar-refractivity contribution in [1.82, 2.24) is 5.32 Å². The average molecular weight is 347 g/mol. The number of nitrogens with one attached hydrogen (secondary N) is 1. The maximum atomic E-state index is 13.0. The molecular weight excluding hydrogens is 329 g/mol. The number of amides is 1. The van der Waals surface area contributed by atoms with E-state index in [1.54, 1.807) is 18.4 Å². The van der Waals surface area contributed by atoms with E-state index in [1.807, 2.05) is 43.3 Å². The van der Waals surface area contributed by atoms with Gasteiger partial charge >= 0.3 is 0 Å². The lowest BCUT2D eigenvalue weighted by molar-refractivity contribution is -0.121. The first-order valence-electron chi connectivity index (χ1n) is 8.54. The standard InChI is InChI=1S/C22H18FNO2/c1-14(15-6-9-18(23)10-7-15)24-21(25)12-17-13-26-20-11-8-16-4-2-3-5-19(16)22(17)20/h2-11,13-14H,12H2,1H3,(H,24,25)/t14-/m1/s1. The van der Waals surface area contributed by atoms with E-state index in [0.717, 1.165) is 32.9 Å². The van der Waals surface area contributed by atoms with E-state index in [4.69, 9.17) is 4.42 Å². The van der Waals surface area contributed by atoms with Crippen LogP contribution in [0.3, 0.4) is 0 Å². The van der Waals surface area contributed by atoms with Gasteiger partial charge in [0.2, 0.25) is 5.91 Å². The van der Waals surface area contributed by atoms with Crippen LogP contribution >= 0.6 is 0 Å². The Bertz CT molecular complexity index is 1080. The Balaban J connectivity index is 1.58. The predicted molar refractivity (Wildman–Crippen MR) is 100 cm³/mol. The van der Waals surface area contributed by atoms with Crippen molar-refractivity contribution < 1.29 is 13.6 Å². The molecule has 3 aromatic carbocycles. The normalized spacial score (nSPS) is 12.4. The minimum atomic E-state index is -0.288. The summed E-state index contributed by atoms with van der Waals surface area (Å²) in [6, 6.07) is 18.0. The van der Waals surface area contributed by atoms with Gasteiger partial charge in [-0.3, -0.25) is 4.79 Å². The number of carbonyl (C=O) groups is 1. The molecule has 1 amide bonds. The van der Waals surface area contributed by atoms with Crippen molar-refractivity contribution in [3.8, 4) is 0 Å². The zero-order chi connectivity index (χ0) is 18.1.